The van der Waals surface area contributed by atoms with Crippen molar-refractivity contribution in [3.8, 4) is 0 Å². The minimum absolute atomic E-state index is 0.726. The van der Waals surface area contributed by atoms with Crippen LogP contribution in [0.1, 0.15) is 11.1 Å². The molecule has 2 aromatic carbocycles. The Morgan fingerprint density at radius 1 is 0.958 bits per heavy atom. The Kier molecular flexibility index (Phi) is 5.29. The standard InChI is InChI=1S/C19H19ClN4/c1-14-11-16(20)7-8-17(14)24-19-12-18(22-13-23-19)21-10-9-15-5-3-2-4-6-15/h2-8,11-13H,9-10H2,1H3,(H2,21,22,23,24). The monoisotopic (exact) mass is 338 g/mol. The summed E-state index contributed by atoms with van der Waals surface area (Å²) in [6.45, 7) is 2.83. The van der Waals surface area contributed by atoms with Crippen molar-refractivity contribution in [3.63, 3.8) is 0 Å². The maximum atomic E-state index is 5.99. The molecule has 5 heteroatoms. The predicted octanol–water partition coefficient (Wildman–Crippen LogP) is 4.84. The van der Waals surface area contributed by atoms with E-state index in [-0.39, 0.29) is 0 Å². The molecule has 4 nitrogen and oxygen atoms in total. The molecular formula is C19H19ClN4. The Balaban J connectivity index is 1.61. The van der Waals surface area contributed by atoms with Crippen molar-refractivity contribution in [1.29, 1.82) is 0 Å². The molecule has 0 aliphatic carbocycles. The van der Waals surface area contributed by atoms with E-state index in [0.29, 0.717) is 0 Å². The third-order valence-corrected chi connectivity index (χ3v) is 3.92. The Bertz CT molecular complexity index is 805. The first-order chi connectivity index (χ1) is 11.7. The van der Waals surface area contributed by atoms with Crippen LogP contribution in [0.5, 0.6) is 0 Å². The lowest BCUT2D eigenvalue weighted by atomic mass is 10.1. The molecule has 122 valence electrons. The molecular weight excluding hydrogens is 320 g/mol. The van der Waals surface area contributed by atoms with Crippen LogP contribution in [0.3, 0.4) is 0 Å². The second kappa shape index (κ2) is 7.79. The highest BCUT2D eigenvalue weighted by molar-refractivity contribution is 6.30. The molecule has 2 N–H and O–H groups in total. The number of nitrogens with zero attached hydrogens (tertiary/aromatic N) is 2. The zero-order valence-corrected chi connectivity index (χ0v) is 14.2. The average molecular weight is 339 g/mol. The Labute approximate surface area is 146 Å². The van der Waals surface area contributed by atoms with Crippen molar-refractivity contribution in [2.45, 2.75) is 13.3 Å². The van der Waals surface area contributed by atoms with E-state index in [1.807, 2.05) is 37.3 Å². The molecule has 0 spiro atoms. The van der Waals surface area contributed by atoms with Crippen LogP contribution in [-0.4, -0.2) is 16.5 Å². The van der Waals surface area contributed by atoms with Gasteiger partial charge in [0, 0.05) is 23.3 Å². The molecule has 0 bridgehead atoms. The van der Waals surface area contributed by atoms with Gasteiger partial charge in [-0.3, -0.25) is 0 Å². The van der Waals surface area contributed by atoms with E-state index >= 15 is 0 Å². The number of aromatic nitrogens is 2. The number of rotatable bonds is 6. The van der Waals surface area contributed by atoms with Crippen molar-refractivity contribution in [2.75, 3.05) is 17.2 Å². The van der Waals surface area contributed by atoms with Gasteiger partial charge >= 0.3 is 0 Å². The van der Waals surface area contributed by atoms with Crippen LogP contribution in [0, 0.1) is 6.92 Å². The fourth-order valence-electron chi connectivity index (χ4n) is 2.41. The van der Waals surface area contributed by atoms with Crippen LogP contribution in [0.15, 0.2) is 60.9 Å². The number of hydrogen-bond acceptors (Lipinski definition) is 4. The van der Waals surface area contributed by atoms with Crippen molar-refractivity contribution < 1.29 is 0 Å². The summed E-state index contributed by atoms with van der Waals surface area (Å²) in [5.41, 5.74) is 3.35. The summed E-state index contributed by atoms with van der Waals surface area (Å²) in [4.78, 5) is 8.53. The van der Waals surface area contributed by atoms with E-state index in [9.17, 15) is 0 Å². The zero-order chi connectivity index (χ0) is 16.8. The van der Waals surface area contributed by atoms with Gasteiger partial charge in [-0.05, 0) is 42.7 Å². The van der Waals surface area contributed by atoms with Crippen LogP contribution in [0.4, 0.5) is 17.3 Å². The summed E-state index contributed by atoms with van der Waals surface area (Å²) in [5.74, 6) is 1.55. The Morgan fingerprint density at radius 2 is 1.75 bits per heavy atom. The number of nitrogens with one attached hydrogen (secondary N) is 2. The van der Waals surface area contributed by atoms with E-state index in [1.54, 1.807) is 6.33 Å². The maximum Gasteiger partial charge on any atom is 0.135 e. The molecule has 0 radical (unpaired) electrons. The van der Waals surface area contributed by atoms with Gasteiger partial charge in [0.25, 0.3) is 0 Å². The molecule has 0 aliphatic rings. The van der Waals surface area contributed by atoms with Crippen molar-refractivity contribution in [1.82, 2.24) is 9.97 Å². The first kappa shape index (κ1) is 16.3. The molecule has 0 atom stereocenters. The molecule has 0 unspecified atom stereocenters. The predicted molar refractivity (Wildman–Crippen MR) is 100 cm³/mol. The Hall–Kier alpha value is -2.59. The molecule has 0 saturated carbocycles. The summed E-state index contributed by atoms with van der Waals surface area (Å²) < 4.78 is 0. The van der Waals surface area contributed by atoms with Crippen LogP contribution in [0.2, 0.25) is 5.02 Å². The largest absolute Gasteiger partial charge is 0.370 e. The highest BCUT2D eigenvalue weighted by atomic mass is 35.5. The van der Waals surface area contributed by atoms with Crippen LogP contribution in [0.25, 0.3) is 0 Å². The highest BCUT2D eigenvalue weighted by Crippen LogP contribution is 2.23. The Morgan fingerprint density at radius 3 is 2.54 bits per heavy atom. The van der Waals surface area contributed by atoms with E-state index in [2.05, 4.69) is 44.9 Å². The van der Waals surface area contributed by atoms with Crippen molar-refractivity contribution >= 4 is 28.9 Å². The highest BCUT2D eigenvalue weighted by Gasteiger charge is 2.03. The van der Waals surface area contributed by atoms with E-state index < -0.39 is 0 Å². The van der Waals surface area contributed by atoms with Crippen molar-refractivity contribution in [3.05, 3.63) is 77.1 Å². The van der Waals surface area contributed by atoms with Gasteiger partial charge in [0.05, 0.1) is 0 Å². The fraction of sp³-hybridized carbons (Fsp3) is 0.158. The molecule has 0 aliphatic heterocycles. The molecule has 3 aromatic rings. The third-order valence-electron chi connectivity index (χ3n) is 3.68. The zero-order valence-electron chi connectivity index (χ0n) is 13.5. The van der Waals surface area contributed by atoms with Crippen molar-refractivity contribution in [2.24, 2.45) is 0 Å². The van der Waals surface area contributed by atoms with E-state index in [0.717, 1.165) is 40.9 Å². The van der Waals surface area contributed by atoms with Crippen LogP contribution in [-0.2, 0) is 6.42 Å². The molecule has 1 aromatic heterocycles. The summed E-state index contributed by atoms with van der Waals surface area (Å²) in [7, 11) is 0. The van der Waals surface area contributed by atoms with Crippen LogP contribution >= 0.6 is 11.6 Å². The second-order valence-corrected chi connectivity index (χ2v) is 5.97. The first-order valence-corrected chi connectivity index (χ1v) is 8.21. The fourth-order valence-corrected chi connectivity index (χ4v) is 2.63. The molecule has 0 amide bonds. The smallest absolute Gasteiger partial charge is 0.135 e. The minimum atomic E-state index is 0.726. The quantitative estimate of drug-likeness (QED) is 0.675. The van der Waals surface area contributed by atoms with Gasteiger partial charge in [-0.25, -0.2) is 9.97 Å². The number of aryl methyl sites for hydroxylation is 1. The van der Waals surface area contributed by atoms with Gasteiger partial charge < -0.3 is 10.6 Å². The lowest BCUT2D eigenvalue weighted by Gasteiger charge is -2.11. The van der Waals surface area contributed by atoms with E-state index in [1.165, 1.54) is 5.56 Å². The van der Waals surface area contributed by atoms with Gasteiger partial charge in [0.2, 0.25) is 0 Å². The number of hydrogen-bond donors (Lipinski definition) is 2. The summed E-state index contributed by atoms with van der Waals surface area (Å²) in [6.07, 6.45) is 2.50. The topological polar surface area (TPSA) is 49.8 Å². The maximum absolute atomic E-state index is 5.99. The SMILES string of the molecule is Cc1cc(Cl)ccc1Nc1cc(NCCc2ccccc2)ncn1. The van der Waals surface area contributed by atoms with E-state index in [4.69, 9.17) is 11.6 Å². The van der Waals surface area contributed by atoms with Gasteiger partial charge in [-0.15, -0.1) is 0 Å². The first-order valence-electron chi connectivity index (χ1n) is 7.84. The number of halogens is 1. The molecule has 3 rings (SSSR count). The summed E-state index contributed by atoms with van der Waals surface area (Å²) in [5, 5.41) is 7.35. The normalized spacial score (nSPS) is 10.4. The van der Waals surface area contributed by atoms with Crippen LogP contribution < -0.4 is 10.6 Å². The summed E-state index contributed by atoms with van der Waals surface area (Å²) in [6, 6.07) is 18.0. The second-order valence-electron chi connectivity index (χ2n) is 5.54. The van der Waals surface area contributed by atoms with Gasteiger partial charge in [0.1, 0.15) is 18.0 Å². The molecule has 0 saturated heterocycles. The number of benzene rings is 2. The lowest BCUT2D eigenvalue weighted by Crippen LogP contribution is -2.07. The third kappa shape index (κ3) is 4.46. The van der Waals surface area contributed by atoms with Gasteiger partial charge in [0.15, 0.2) is 0 Å². The minimum Gasteiger partial charge on any atom is -0.370 e. The summed E-state index contributed by atoms with van der Waals surface area (Å²) >= 11 is 5.99. The molecule has 0 fully saturated rings. The lowest BCUT2D eigenvalue weighted by molar-refractivity contribution is 1.000. The molecule has 24 heavy (non-hydrogen) atoms. The average Bonchev–Trinajstić information content (AvgIpc) is 2.59. The van der Waals surface area contributed by atoms with Gasteiger partial charge in [-0.2, -0.15) is 0 Å². The molecule has 1 heterocycles. The van der Waals surface area contributed by atoms with Gasteiger partial charge in [-0.1, -0.05) is 41.9 Å². The number of anilines is 3.